The van der Waals surface area contributed by atoms with Crippen LogP contribution in [0.2, 0.25) is 15.1 Å². The van der Waals surface area contributed by atoms with Gasteiger partial charge in [0.05, 0.1) is 32.9 Å². The van der Waals surface area contributed by atoms with Gasteiger partial charge in [0, 0.05) is 11.8 Å². The van der Waals surface area contributed by atoms with Gasteiger partial charge in [-0.25, -0.2) is 0 Å². The van der Waals surface area contributed by atoms with Gasteiger partial charge >= 0.3 is 6.18 Å². The molecule has 1 N–H and O–H groups in total. The Labute approximate surface area is 133 Å². The maximum atomic E-state index is 12.9. The maximum Gasteiger partial charge on any atom is 0.418 e. The van der Waals surface area contributed by atoms with E-state index in [9.17, 15) is 13.2 Å². The third-order valence-corrected chi connectivity index (χ3v) is 3.94. The molecule has 0 atom stereocenters. The van der Waals surface area contributed by atoms with Crippen molar-refractivity contribution >= 4 is 34.8 Å². The highest BCUT2D eigenvalue weighted by atomic mass is 35.5. The van der Waals surface area contributed by atoms with E-state index >= 15 is 0 Å². The van der Waals surface area contributed by atoms with Crippen molar-refractivity contribution in [3.8, 4) is 11.1 Å². The third-order valence-electron chi connectivity index (χ3n) is 2.74. The van der Waals surface area contributed by atoms with Crippen LogP contribution in [0.1, 0.15) is 11.3 Å². The molecule has 0 unspecified atom stereocenters. The predicted molar refractivity (Wildman–Crippen MR) is 75.6 cm³/mol. The van der Waals surface area contributed by atoms with Crippen LogP contribution < -0.4 is 0 Å². The number of benzene rings is 1. The van der Waals surface area contributed by atoms with Gasteiger partial charge in [0.15, 0.2) is 0 Å². The first-order chi connectivity index (χ1) is 9.74. The molecule has 1 aromatic carbocycles. The Morgan fingerprint density at radius 2 is 1.57 bits per heavy atom. The molecule has 0 fully saturated rings. The molecule has 112 valence electrons. The highest BCUT2D eigenvalue weighted by molar-refractivity contribution is 6.48. The summed E-state index contributed by atoms with van der Waals surface area (Å²) in [5, 5.41) is 9.32. The lowest BCUT2D eigenvalue weighted by atomic mass is 10.0. The number of aliphatic hydroxyl groups excluding tert-OH is 1. The molecule has 0 aliphatic rings. The Balaban J connectivity index is 2.61. The molecule has 0 saturated heterocycles. The van der Waals surface area contributed by atoms with Crippen molar-refractivity contribution in [1.29, 1.82) is 0 Å². The summed E-state index contributed by atoms with van der Waals surface area (Å²) in [6.07, 6.45) is -3.42. The minimum atomic E-state index is -4.62. The van der Waals surface area contributed by atoms with E-state index in [4.69, 9.17) is 39.9 Å². The van der Waals surface area contributed by atoms with Gasteiger partial charge in [0.25, 0.3) is 0 Å². The number of rotatable bonds is 2. The fraction of sp³-hybridized carbons (Fsp3) is 0.154. The van der Waals surface area contributed by atoms with E-state index in [1.54, 1.807) is 0 Å². The second-order valence-electron chi connectivity index (χ2n) is 4.13. The highest BCUT2D eigenvalue weighted by Gasteiger charge is 2.34. The van der Waals surface area contributed by atoms with Crippen LogP contribution in [0, 0.1) is 0 Å². The Morgan fingerprint density at radius 1 is 1.00 bits per heavy atom. The molecule has 1 aromatic heterocycles. The van der Waals surface area contributed by atoms with Crippen LogP contribution in [0.3, 0.4) is 0 Å². The Kier molecular flexibility index (Phi) is 4.68. The van der Waals surface area contributed by atoms with Gasteiger partial charge in [0.2, 0.25) is 0 Å². The first-order valence-corrected chi connectivity index (χ1v) is 6.69. The summed E-state index contributed by atoms with van der Waals surface area (Å²) in [5.74, 6) is 0. The Morgan fingerprint density at radius 3 is 2.05 bits per heavy atom. The van der Waals surface area contributed by atoms with E-state index in [1.807, 2.05) is 0 Å². The Hall–Kier alpha value is -1.01. The van der Waals surface area contributed by atoms with Crippen LogP contribution in [-0.4, -0.2) is 10.1 Å². The number of aromatic nitrogens is 1. The van der Waals surface area contributed by atoms with Crippen molar-refractivity contribution < 1.29 is 18.3 Å². The fourth-order valence-electron chi connectivity index (χ4n) is 1.74. The van der Waals surface area contributed by atoms with Gasteiger partial charge in [-0.1, -0.05) is 34.8 Å². The number of aliphatic hydroxyl groups is 1. The minimum Gasteiger partial charge on any atom is -0.390 e. The lowest BCUT2D eigenvalue weighted by molar-refractivity contribution is -0.139. The first-order valence-electron chi connectivity index (χ1n) is 5.56. The van der Waals surface area contributed by atoms with E-state index in [0.29, 0.717) is 5.56 Å². The fourth-order valence-corrected chi connectivity index (χ4v) is 2.34. The molecule has 0 bridgehead atoms. The molecular formula is C13H7Cl3F3NO. The summed E-state index contributed by atoms with van der Waals surface area (Å²) >= 11 is 17.5. The lowest BCUT2D eigenvalue weighted by Gasteiger charge is -2.13. The molecule has 0 amide bonds. The number of alkyl halides is 3. The zero-order chi connectivity index (χ0) is 15.8. The molecule has 21 heavy (non-hydrogen) atoms. The van der Waals surface area contributed by atoms with Gasteiger partial charge in [-0.05, 0) is 23.8 Å². The molecule has 1 heterocycles. The SMILES string of the molecule is OCc1ncc(-c2cc(Cl)c(Cl)c(Cl)c2)cc1C(F)(F)F. The predicted octanol–water partition coefficient (Wildman–Crippen LogP) is 5.22. The third kappa shape index (κ3) is 3.43. The lowest BCUT2D eigenvalue weighted by Crippen LogP contribution is -2.11. The van der Waals surface area contributed by atoms with Crippen molar-refractivity contribution in [2.45, 2.75) is 12.8 Å². The normalized spacial score (nSPS) is 11.8. The monoisotopic (exact) mass is 355 g/mol. The number of hydrogen-bond donors (Lipinski definition) is 1. The number of halogens is 6. The molecule has 2 aromatic rings. The summed E-state index contributed by atoms with van der Waals surface area (Å²) in [5.41, 5.74) is -0.945. The minimum absolute atomic E-state index is 0.123. The molecule has 0 aliphatic carbocycles. The van der Waals surface area contributed by atoms with Crippen LogP contribution in [-0.2, 0) is 12.8 Å². The van der Waals surface area contributed by atoms with Gasteiger partial charge in [-0.3, -0.25) is 4.98 Å². The van der Waals surface area contributed by atoms with E-state index in [-0.39, 0.29) is 20.6 Å². The average molecular weight is 357 g/mol. The summed E-state index contributed by atoms with van der Waals surface area (Å²) in [7, 11) is 0. The molecule has 2 rings (SSSR count). The van der Waals surface area contributed by atoms with E-state index in [0.717, 1.165) is 6.07 Å². The van der Waals surface area contributed by atoms with Crippen molar-refractivity contribution in [3.63, 3.8) is 0 Å². The van der Waals surface area contributed by atoms with E-state index in [2.05, 4.69) is 4.98 Å². The first kappa shape index (κ1) is 16.4. The average Bonchev–Trinajstić information content (AvgIpc) is 2.42. The van der Waals surface area contributed by atoms with Crippen molar-refractivity contribution in [2.24, 2.45) is 0 Å². The van der Waals surface area contributed by atoms with Crippen LogP contribution >= 0.6 is 34.8 Å². The second-order valence-corrected chi connectivity index (χ2v) is 5.32. The summed E-state index contributed by atoms with van der Waals surface area (Å²) < 4.78 is 38.8. The quantitative estimate of drug-likeness (QED) is 0.748. The van der Waals surface area contributed by atoms with Gasteiger partial charge in [-0.2, -0.15) is 13.2 Å². The summed E-state index contributed by atoms with van der Waals surface area (Å²) in [6, 6.07) is 3.67. The zero-order valence-corrected chi connectivity index (χ0v) is 12.4. The molecule has 0 aliphatic heterocycles. The van der Waals surface area contributed by atoms with E-state index in [1.165, 1.54) is 18.3 Å². The van der Waals surface area contributed by atoms with Crippen LogP contribution in [0.15, 0.2) is 24.4 Å². The highest BCUT2D eigenvalue weighted by Crippen LogP contribution is 2.37. The number of hydrogen-bond acceptors (Lipinski definition) is 2. The molecule has 0 radical (unpaired) electrons. The maximum absolute atomic E-state index is 12.9. The molecule has 2 nitrogen and oxygen atoms in total. The standard InChI is InChI=1S/C13H7Cl3F3NO/c14-9-2-6(3-10(15)12(9)16)7-1-8(13(17,18)19)11(5-21)20-4-7/h1-4,21H,5H2. The van der Waals surface area contributed by atoms with Crippen molar-refractivity contribution in [3.05, 3.63) is 50.7 Å². The zero-order valence-electron chi connectivity index (χ0n) is 10.2. The van der Waals surface area contributed by atoms with Crippen molar-refractivity contribution in [1.82, 2.24) is 4.98 Å². The van der Waals surface area contributed by atoms with Crippen molar-refractivity contribution in [2.75, 3.05) is 0 Å². The molecular weight excluding hydrogens is 350 g/mol. The Bertz CT molecular complexity index is 666. The van der Waals surface area contributed by atoms with Crippen LogP contribution in [0.4, 0.5) is 13.2 Å². The molecule has 0 saturated carbocycles. The van der Waals surface area contributed by atoms with Gasteiger partial charge in [-0.15, -0.1) is 0 Å². The van der Waals surface area contributed by atoms with Crippen LogP contribution in [0.25, 0.3) is 11.1 Å². The number of pyridine rings is 1. The van der Waals surface area contributed by atoms with Crippen LogP contribution in [0.5, 0.6) is 0 Å². The van der Waals surface area contributed by atoms with Gasteiger partial charge in [0.1, 0.15) is 0 Å². The topological polar surface area (TPSA) is 33.1 Å². The summed E-state index contributed by atoms with van der Waals surface area (Å²) in [4.78, 5) is 3.63. The largest absolute Gasteiger partial charge is 0.418 e. The van der Waals surface area contributed by atoms with E-state index < -0.39 is 24.0 Å². The smallest absolute Gasteiger partial charge is 0.390 e. The van der Waals surface area contributed by atoms with Gasteiger partial charge < -0.3 is 5.11 Å². The molecule has 0 spiro atoms. The number of nitrogens with zero attached hydrogens (tertiary/aromatic N) is 1. The molecule has 8 heteroatoms. The second kappa shape index (κ2) is 6.01. The summed E-state index contributed by atoms with van der Waals surface area (Å²) in [6.45, 7) is -0.808.